The van der Waals surface area contributed by atoms with Gasteiger partial charge in [-0.3, -0.25) is 5.32 Å². The molecule has 0 saturated carbocycles. The number of ether oxygens (including phenoxy) is 3. The van der Waals surface area contributed by atoms with Crippen LogP contribution in [0.15, 0.2) is 40.8 Å². The van der Waals surface area contributed by atoms with Crippen molar-refractivity contribution in [1.82, 2.24) is 15.2 Å². The quantitative estimate of drug-likeness (QED) is 0.531. The molecule has 4 rings (SSSR count). The Morgan fingerprint density at radius 1 is 0.926 bits per heavy atom. The van der Waals surface area contributed by atoms with Gasteiger partial charge in [0.2, 0.25) is 5.89 Å². The van der Waals surface area contributed by atoms with Crippen LogP contribution in [0, 0.1) is 0 Å². The van der Waals surface area contributed by atoms with Crippen LogP contribution in [0.2, 0.25) is 0 Å². The summed E-state index contributed by atoms with van der Waals surface area (Å²) in [6.07, 6.45) is 0. The first kappa shape index (κ1) is 17.1. The fourth-order valence-corrected chi connectivity index (χ4v) is 3.39. The van der Waals surface area contributed by atoms with Crippen molar-refractivity contribution >= 4 is 32.7 Å². The van der Waals surface area contributed by atoms with Crippen molar-refractivity contribution in [3.8, 4) is 28.7 Å². The summed E-state index contributed by atoms with van der Waals surface area (Å²) < 4.78 is 22.4. The minimum absolute atomic E-state index is 0.263. The molecular weight excluding hydrogens is 368 g/mol. The molecule has 138 valence electrons. The highest BCUT2D eigenvalue weighted by atomic mass is 32.1. The van der Waals surface area contributed by atoms with Crippen LogP contribution >= 0.6 is 11.3 Å². The molecule has 0 radical (unpaired) electrons. The third kappa shape index (κ3) is 3.36. The van der Waals surface area contributed by atoms with Crippen molar-refractivity contribution in [3.63, 3.8) is 0 Å². The van der Waals surface area contributed by atoms with E-state index in [0.717, 1.165) is 21.5 Å². The molecule has 0 aliphatic carbocycles. The van der Waals surface area contributed by atoms with E-state index < -0.39 is 0 Å². The molecule has 0 saturated heterocycles. The summed E-state index contributed by atoms with van der Waals surface area (Å²) in [5.74, 6) is 2.45. The minimum atomic E-state index is 0.263. The summed E-state index contributed by atoms with van der Waals surface area (Å²) in [4.78, 5) is 4.52. The molecule has 0 unspecified atom stereocenters. The largest absolute Gasteiger partial charge is 0.497 e. The van der Waals surface area contributed by atoms with Crippen molar-refractivity contribution in [1.29, 1.82) is 0 Å². The van der Waals surface area contributed by atoms with Crippen LogP contribution in [0.3, 0.4) is 0 Å². The minimum Gasteiger partial charge on any atom is -0.497 e. The summed E-state index contributed by atoms with van der Waals surface area (Å²) in [7, 11) is 4.81. The molecule has 0 atom stereocenters. The van der Waals surface area contributed by atoms with Crippen LogP contribution in [-0.4, -0.2) is 36.5 Å². The van der Waals surface area contributed by atoms with Crippen molar-refractivity contribution in [2.75, 3.05) is 26.6 Å². The van der Waals surface area contributed by atoms with Gasteiger partial charge in [0.25, 0.3) is 0 Å². The molecule has 2 heterocycles. The zero-order valence-electron chi connectivity index (χ0n) is 14.8. The predicted molar refractivity (Wildman–Crippen MR) is 102 cm³/mol. The number of hydrogen-bond donors (Lipinski definition) is 1. The third-order valence-electron chi connectivity index (χ3n) is 3.87. The van der Waals surface area contributed by atoms with Gasteiger partial charge in [-0.05, 0) is 24.3 Å². The number of rotatable bonds is 6. The summed E-state index contributed by atoms with van der Waals surface area (Å²) in [5.41, 5.74) is 1.59. The van der Waals surface area contributed by atoms with Gasteiger partial charge in [0.15, 0.2) is 16.6 Å². The molecule has 4 aromatic rings. The monoisotopic (exact) mass is 384 g/mol. The Balaban J connectivity index is 1.58. The number of nitrogens with zero attached hydrogens (tertiary/aromatic N) is 3. The van der Waals surface area contributed by atoms with Crippen molar-refractivity contribution < 1.29 is 18.6 Å². The molecule has 0 aliphatic rings. The predicted octanol–water partition coefficient (Wildman–Crippen LogP) is 4.12. The van der Waals surface area contributed by atoms with Gasteiger partial charge in [0, 0.05) is 17.7 Å². The Labute approximate surface area is 158 Å². The van der Waals surface area contributed by atoms with Gasteiger partial charge >= 0.3 is 6.01 Å². The first-order valence-corrected chi connectivity index (χ1v) is 8.79. The van der Waals surface area contributed by atoms with E-state index in [9.17, 15) is 0 Å². The molecule has 0 fully saturated rings. The van der Waals surface area contributed by atoms with Gasteiger partial charge in [-0.2, -0.15) is 0 Å². The van der Waals surface area contributed by atoms with Crippen LogP contribution in [0.4, 0.5) is 11.1 Å². The zero-order valence-corrected chi connectivity index (χ0v) is 15.7. The fraction of sp³-hybridized carbons (Fsp3) is 0.167. The second-order valence-corrected chi connectivity index (χ2v) is 6.49. The highest BCUT2D eigenvalue weighted by molar-refractivity contribution is 7.22. The number of aromatic nitrogens is 3. The van der Waals surface area contributed by atoms with E-state index in [2.05, 4.69) is 20.5 Å². The van der Waals surface area contributed by atoms with Gasteiger partial charge in [0.05, 0.1) is 31.5 Å². The highest BCUT2D eigenvalue weighted by Crippen LogP contribution is 2.37. The second kappa shape index (κ2) is 7.12. The molecule has 1 N–H and O–H groups in total. The Morgan fingerprint density at radius 2 is 1.67 bits per heavy atom. The van der Waals surface area contributed by atoms with Crippen LogP contribution < -0.4 is 19.5 Å². The molecule has 8 nitrogen and oxygen atoms in total. The summed E-state index contributed by atoms with van der Waals surface area (Å²) >= 11 is 1.45. The zero-order chi connectivity index (χ0) is 18.8. The number of nitrogens with one attached hydrogen (secondary N) is 1. The maximum atomic E-state index is 5.68. The van der Waals surface area contributed by atoms with Gasteiger partial charge < -0.3 is 18.6 Å². The highest BCUT2D eigenvalue weighted by Gasteiger charge is 2.13. The Kier molecular flexibility index (Phi) is 4.51. The van der Waals surface area contributed by atoms with Gasteiger partial charge in [-0.25, -0.2) is 4.98 Å². The van der Waals surface area contributed by atoms with Gasteiger partial charge in [-0.15, -0.1) is 5.10 Å². The number of anilines is 2. The smallest absolute Gasteiger partial charge is 0.322 e. The van der Waals surface area contributed by atoms with E-state index in [0.29, 0.717) is 22.5 Å². The maximum Gasteiger partial charge on any atom is 0.322 e. The lowest BCUT2D eigenvalue weighted by Gasteiger charge is -2.05. The first-order valence-electron chi connectivity index (χ1n) is 7.97. The normalized spacial score (nSPS) is 10.8. The van der Waals surface area contributed by atoms with Gasteiger partial charge in [-0.1, -0.05) is 16.4 Å². The summed E-state index contributed by atoms with van der Waals surface area (Å²) in [6.45, 7) is 0. The average molecular weight is 384 g/mol. The summed E-state index contributed by atoms with van der Waals surface area (Å²) in [5, 5.41) is 11.8. The van der Waals surface area contributed by atoms with E-state index >= 15 is 0 Å². The lowest BCUT2D eigenvalue weighted by molar-refractivity contribution is 0.356. The molecule has 2 aromatic heterocycles. The molecule has 0 amide bonds. The molecule has 27 heavy (non-hydrogen) atoms. The van der Waals surface area contributed by atoms with Crippen LogP contribution in [0.25, 0.3) is 21.7 Å². The van der Waals surface area contributed by atoms with E-state index in [1.54, 1.807) is 21.3 Å². The van der Waals surface area contributed by atoms with Crippen LogP contribution in [0.1, 0.15) is 0 Å². The lowest BCUT2D eigenvalue weighted by Crippen LogP contribution is -1.90. The SMILES string of the molecule is COc1ccc(-c2nnc(Nc3nc4cc(OC)c(OC)cc4s3)o2)cc1. The van der Waals surface area contributed by atoms with Gasteiger partial charge in [0.1, 0.15) is 5.75 Å². The molecule has 0 bridgehead atoms. The van der Waals surface area contributed by atoms with Crippen molar-refractivity contribution in [2.24, 2.45) is 0 Å². The van der Waals surface area contributed by atoms with E-state index in [4.69, 9.17) is 18.6 Å². The van der Waals surface area contributed by atoms with Crippen molar-refractivity contribution in [3.05, 3.63) is 36.4 Å². The molecular formula is C18H16N4O4S. The number of methoxy groups -OCH3 is 3. The molecule has 2 aromatic carbocycles. The molecule has 0 spiro atoms. The van der Waals surface area contributed by atoms with E-state index in [1.165, 1.54) is 11.3 Å². The third-order valence-corrected chi connectivity index (χ3v) is 4.80. The first-order chi connectivity index (χ1) is 13.2. The van der Waals surface area contributed by atoms with Crippen molar-refractivity contribution in [2.45, 2.75) is 0 Å². The average Bonchev–Trinajstić information content (AvgIpc) is 3.33. The Hall–Kier alpha value is -3.33. The number of benzene rings is 2. The van der Waals surface area contributed by atoms with Crippen LogP contribution in [0.5, 0.6) is 17.2 Å². The van der Waals surface area contributed by atoms with E-state index in [1.807, 2.05) is 36.4 Å². The standard InChI is InChI=1S/C18H16N4O4S/c1-23-11-6-4-10(5-7-11)16-21-22-17(26-16)20-18-19-12-8-13(24-2)14(25-3)9-15(12)27-18/h4-9H,1-3H3,(H,19,20,22). The summed E-state index contributed by atoms with van der Waals surface area (Å²) in [6, 6.07) is 11.3. The number of fused-ring (bicyclic) bond motifs is 1. The Morgan fingerprint density at radius 3 is 2.37 bits per heavy atom. The fourth-order valence-electron chi connectivity index (χ4n) is 2.52. The molecule has 0 aliphatic heterocycles. The number of hydrogen-bond acceptors (Lipinski definition) is 9. The molecule has 9 heteroatoms. The number of thiazole rings is 1. The second-order valence-electron chi connectivity index (χ2n) is 5.46. The topological polar surface area (TPSA) is 91.5 Å². The Bertz CT molecular complexity index is 1030. The van der Waals surface area contributed by atoms with E-state index in [-0.39, 0.29) is 6.01 Å². The lowest BCUT2D eigenvalue weighted by atomic mass is 10.2. The van der Waals surface area contributed by atoms with Crippen LogP contribution in [-0.2, 0) is 0 Å². The maximum absolute atomic E-state index is 5.68.